The number of anilines is 1. The highest BCUT2D eigenvalue weighted by Crippen LogP contribution is 2.42. The number of rotatable bonds is 6. The highest BCUT2D eigenvalue weighted by molar-refractivity contribution is 7.87. The molecule has 0 spiro atoms. The molecule has 0 saturated heterocycles. The first-order valence-corrected chi connectivity index (χ1v) is 12.1. The Morgan fingerprint density at radius 1 is 1.22 bits per heavy atom. The molecule has 1 atom stereocenters. The fraction of sp³-hybridized carbons (Fsp3) is 0.174. The van der Waals surface area contributed by atoms with Crippen LogP contribution < -0.4 is 11.1 Å². The van der Waals surface area contributed by atoms with Gasteiger partial charge in [0, 0.05) is 36.4 Å². The number of carbonyl (C=O) groups is 1. The van der Waals surface area contributed by atoms with Gasteiger partial charge in [-0.05, 0) is 23.3 Å². The standard InChI is InChI=1S/C23H20N4O3S2/c1-30-7-8-32(29)23-19(24)18-16(13-5-3-2-4-6-13)10-17(27-22(18)31-23)14-9-15-12-26-21(28)20(15)25-11-14/h2-6,9-11H,7-8,12,24H2,1H3,(H,26,28)/t32-/m0/s1. The molecule has 1 aliphatic heterocycles. The SMILES string of the molecule is COCC[S@](=O)c1sc2nc(-c3cnc4c(c3)CNC4=O)cc(-c3ccccc3)c2c1N. The van der Waals surface area contributed by atoms with Crippen LogP contribution in [0.4, 0.5) is 5.69 Å². The number of nitrogens with two attached hydrogens (primary N) is 1. The molecule has 4 aromatic rings. The molecule has 3 N–H and O–H groups in total. The molecule has 9 heteroatoms. The number of hydrogen-bond acceptors (Lipinski definition) is 7. The van der Waals surface area contributed by atoms with Crippen LogP contribution in [0, 0.1) is 0 Å². The Morgan fingerprint density at radius 2 is 2.03 bits per heavy atom. The van der Waals surface area contributed by atoms with Crippen LogP contribution in [-0.2, 0) is 22.1 Å². The Hall–Kier alpha value is -3.14. The molecule has 0 unspecified atom stereocenters. The first-order chi connectivity index (χ1) is 15.6. The molecule has 1 aliphatic rings. The van der Waals surface area contributed by atoms with Crippen molar-refractivity contribution in [2.75, 3.05) is 25.2 Å². The predicted octanol–water partition coefficient (Wildman–Crippen LogP) is 3.60. The number of ether oxygens (including phenoxy) is 1. The molecule has 1 aromatic carbocycles. The molecule has 7 nitrogen and oxygen atoms in total. The monoisotopic (exact) mass is 464 g/mol. The molecule has 0 bridgehead atoms. The lowest BCUT2D eigenvalue weighted by Gasteiger charge is -2.09. The normalized spacial score (nSPS) is 13.8. The van der Waals surface area contributed by atoms with Crippen LogP contribution in [0.3, 0.4) is 0 Å². The summed E-state index contributed by atoms with van der Waals surface area (Å²) in [5.41, 5.74) is 11.8. The van der Waals surface area contributed by atoms with Gasteiger partial charge in [0.25, 0.3) is 5.91 Å². The first-order valence-electron chi connectivity index (χ1n) is 10.00. The molecule has 1 amide bonds. The summed E-state index contributed by atoms with van der Waals surface area (Å²) in [7, 11) is 0.307. The minimum atomic E-state index is -1.28. The van der Waals surface area contributed by atoms with Crippen molar-refractivity contribution in [3.05, 3.63) is 59.9 Å². The van der Waals surface area contributed by atoms with E-state index in [1.54, 1.807) is 13.3 Å². The van der Waals surface area contributed by atoms with E-state index in [1.807, 2.05) is 42.5 Å². The summed E-state index contributed by atoms with van der Waals surface area (Å²) >= 11 is 1.35. The molecule has 0 radical (unpaired) electrons. The van der Waals surface area contributed by atoms with Crippen LogP contribution in [-0.4, -0.2) is 39.6 Å². The van der Waals surface area contributed by atoms with Crippen LogP contribution in [0.15, 0.2) is 52.9 Å². The summed E-state index contributed by atoms with van der Waals surface area (Å²) in [6.07, 6.45) is 1.67. The van der Waals surface area contributed by atoms with Crippen LogP contribution in [0.1, 0.15) is 16.1 Å². The zero-order valence-corrected chi connectivity index (χ0v) is 18.9. The number of hydrogen-bond donors (Lipinski definition) is 2. The lowest BCUT2D eigenvalue weighted by Crippen LogP contribution is -2.13. The smallest absolute Gasteiger partial charge is 0.270 e. The fourth-order valence-electron chi connectivity index (χ4n) is 3.76. The second kappa shape index (κ2) is 8.42. The van der Waals surface area contributed by atoms with Crippen molar-refractivity contribution in [3.8, 4) is 22.4 Å². The molecule has 0 saturated carbocycles. The number of benzene rings is 1. The van der Waals surface area contributed by atoms with E-state index in [0.29, 0.717) is 39.3 Å². The number of thiophene rings is 1. The fourth-order valence-corrected chi connectivity index (χ4v) is 6.33. The number of fused-ring (bicyclic) bond motifs is 2. The van der Waals surface area contributed by atoms with Gasteiger partial charge in [0.2, 0.25) is 0 Å². The average Bonchev–Trinajstić information content (AvgIpc) is 3.37. The quantitative estimate of drug-likeness (QED) is 0.451. The van der Waals surface area contributed by atoms with Gasteiger partial charge in [0.15, 0.2) is 0 Å². The van der Waals surface area contributed by atoms with Crippen molar-refractivity contribution in [1.82, 2.24) is 15.3 Å². The number of methoxy groups -OCH3 is 1. The number of amides is 1. The number of nitrogen functional groups attached to an aromatic ring is 1. The Morgan fingerprint density at radius 3 is 2.81 bits per heavy atom. The van der Waals surface area contributed by atoms with Crippen molar-refractivity contribution >= 4 is 43.9 Å². The third-order valence-corrected chi connectivity index (χ3v) is 8.22. The Labute approximate surface area is 191 Å². The van der Waals surface area contributed by atoms with Crippen LogP contribution in [0.2, 0.25) is 0 Å². The Balaban J connectivity index is 1.70. The minimum absolute atomic E-state index is 0.158. The molecule has 0 fully saturated rings. The van der Waals surface area contributed by atoms with E-state index in [-0.39, 0.29) is 5.91 Å². The van der Waals surface area contributed by atoms with Gasteiger partial charge in [-0.25, -0.2) is 4.98 Å². The van der Waals surface area contributed by atoms with E-state index in [4.69, 9.17) is 15.5 Å². The summed E-state index contributed by atoms with van der Waals surface area (Å²) in [5, 5.41) is 3.59. The lowest BCUT2D eigenvalue weighted by molar-refractivity contribution is 0.0961. The largest absolute Gasteiger partial charge is 0.396 e. The number of nitrogens with zero attached hydrogens (tertiary/aromatic N) is 2. The molecular weight excluding hydrogens is 444 g/mol. The van der Waals surface area contributed by atoms with Gasteiger partial charge >= 0.3 is 0 Å². The number of carbonyl (C=O) groups excluding carboxylic acids is 1. The predicted molar refractivity (Wildman–Crippen MR) is 127 cm³/mol. The average molecular weight is 465 g/mol. The number of nitrogens with one attached hydrogen (secondary N) is 1. The van der Waals surface area contributed by atoms with Gasteiger partial charge in [-0.3, -0.25) is 14.0 Å². The first kappa shape index (κ1) is 20.7. The van der Waals surface area contributed by atoms with E-state index in [9.17, 15) is 9.00 Å². The molecule has 32 heavy (non-hydrogen) atoms. The van der Waals surface area contributed by atoms with Gasteiger partial charge in [-0.2, -0.15) is 0 Å². The molecule has 3 aromatic heterocycles. The maximum atomic E-state index is 12.8. The molecular formula is C23H20N4O3S2. The molecule has 0 aliphatic carbocycles. The van der Waals surface area contributed by atoms with Gasteiger partial charge < -0.3 is 15.8 Å². The second-order valence-corrected chi connectivity index (χ2v) is 10.1. The van der Waals surface area contributed by atoms with Crippen molar-refractivity contribution in [2.24, 2.45) is 0 Å². The van der Waals surface area contributed by atoms with Gasteiger partial charge in [0.1, 0.15) is 14.7 Å². The molecule has 4 heterocycles. The van der Waals surface area contributed by atoms with Crippen molar-refractivity contribution in [3.63, 3.8) is 0 Å². The number of pyridine rings is 2. The van der Waals surface area contributed by atoms with Crippen molar-refractivity contribution in [2.45, 2.75) is 10.8 Å². The topological polar surface area (TPSA) is 107 Å². The highest BCUT2D eigenvalue weighted by Gasteiger charge is 2.23. The van der Waals surface area contributed by atoms with Crippen LogP contribution in [0.5, 0.6) is 0 Å². The third kappa shape index (κ3) is 3.58. The van der Waals surface area contributed by atoms with Gasteiger partial charge in [-0.15, -0.1) is 11.3 Å². The molecule has 5 rings (SSSR count). The zero-order chi connectivity index (χ0) is 22.2. The van der Waals surface area contributed by atoms with E-state index in [0.717, 1.165) is 33.3 Å². The van der Waals surface area contributed by atoms with Crippen molar-refractivity contribution < 1.29 is 13.7 Å². The van der Waals surface area contributed by atoms with Crippen LogP contribution in [0.25, 0.3) is 32.6 Å². The van der Waals surface area contributed by atoms with Gasteiger partial charge in [-0.1, -0.05) is 30.3 Å². The third-order valence-electron chi connectivity index (χ3n) is 5.35. The zero-order valence-electron chi connectivity index (χ0n) is 17.3. The maximum absolute atomic E-state index is 12.8. The Bertz CT molecular complexity index is 1370. The summed E-state index contributed by atoms with van der Waals surface area (Å²) in [4.78, 5) is 21.8. The summed E-state index contributed by atoms with van der Waals surface area (Å²) in [6, 6.07) is 13.8. The molecule has 162 valence electrons. The Kier molecular flexibility index (Phi) is 5.46. The lowest BCUT2D eigenvalue weighted by atomic mass is 10.00. The van der Waals surface area contributed by atoms with E-state index >= 15 is 0 Å². The minimum Gasteiger partial charge on any atom is -0.396 e. The van der Waals surface area contributed by atoms with E-state index in [1.165, 1.54) is 11.3 Å². The number of aromatic nitrogens is 2. The summed E-state index contributed by atoms with van der Waals surface area (Å²) in [5.74, 6) is 0.214. The van der Waals surface area contributed by atoms with Crippen LogP contribution >= 0.6 is 11.3 Å². The van der Waals surface area contributed by atoms with Gasteiger partial charge in [0.05, 0.1) is 34.5 Å². The maximum Gasteiger partial charge on any atom is 0.270 e. The summed E-state index contributed by atoms with van der Waals surface area (Å²) in [6.45, 7) is 0.843. The second-order valence-electron chi connectivity index (χ2n) is 7.36. The van der Waals surface area contributed by atoms with Crippen molar-refractivity contribution in [1.29, 1.82) is 0 Å². The van der Waals surface area contributed by atoms with E-state index in [2.05, 4.69) is 10.3 Å². The summed E-state index contributed by atoms with van der Waals surface area (Å²) < 4.78 is 18.5. The highest BCUT2D eigenvalue weighted by atomic mass is 32.2. The van der Waals surface area contributed by atoms with E-state index < -0.39 is 10.8 Å².